The lowest BCUT2D eigenvalue weighted by molar-refractivity contribution is 0.0880. The summed E-state index contributed by atoms with van der Waals surface area (Å²) in [6, 6.07) is 0. The van der Waals surface area contributed by atoms with Gasteiger partial charge in [0.1, 0.15) is 5.82 Å². The van der Waals surface area contributed by atoms with Crippen LogP contribution in [0, 0.1) is 5.92 Å². The minimum atomic E-state index is -2.22. The van der Waals surface area contributed by atoms with Crippen LogP contribution in [0.2, 0.25) is 0 Å². The molecule has 6 heteroatoms. The normalized spacial score (nSPS) is 21.4. The van der Waals surface area contributed by atoms with E-state index in [0.29, 0.717) is 25.4 Å². The van der Waals surface area contributed by atoms with E-state index in [1.807, 2.05) is 18.7 Å². The highest BCUT2D eigenvalue weighted by Crippen LogP contribution is 2.29. The average molecular weight is 247 g/mol. The van der Waals surface area contributed by atoms with Crippen LogP contribution in [0.25, 0.3) is 0 Å². The smallest absolute Gasteiger partial charge is 0.243 e. The summed E-state index contributed by atoms with van der Waals surface area (Å²) in [7, 11) is 0. The van der Waals surface area contributed by atoms with Crippen LogP contribution in [0.1, 0.15) is 32.0 Å². The summed E-state index contributed by atoms with van der Waals surface area (Å²) in [6.45, 7) is 5.13. The molecule has 1 unspecified atom stereocenters. The first-order chi connectivity index (χ1) is 7.58. The molecule has 1 aromatic rings. The predicted molar refractivity (Wildman–Crippen MR) is 60.3 cm³/mol. The molecule has 0 saturated carbocycles. The molecule has 2 heterocycles. The second-order valence-corrected chi connectivity index (χ2v) is 5.15. The van der Waals surface area contributed by atoms with Crippen LogP contribution in [-0.4, -0.2) is 28.9 Å². The molecular formula is C10H15F2N3S. The maximum atomic E-state index is 12.5. The topological polar surface area (TPSA) is 29.0 Å². The van der Waals surface area contributed by atoms with Crippen LogP contribution in [0.4, 0.5) is 13.9 Å². The Kier molecular flexibility index (Phi) is 3.37. The van der Waals surface area contributed by atoms with Gasteiger partial charge in [0, 0.05) is 36.5 Å². The molecule has 0 bridgehead atoms. The fourth-order valence-electron chi connectivity index (χ4n) is 1.76. The molecule has 3 nitrogen and oxygen atoms in total. The molecule has 0 aromatic carbocycles. The third kappa shape index (κ3) is 2.31. The maximum absolute atomic E-state index is 12.5. The molecule has 1 aliphatic rings. The first-order valence-corrected chi connectivity index (χ1v) is 6.22. The summed E-state index contributed by atoms with van der Waals surface area (Å²) in [5.41, 5.74) is 0. The zero-order chi connectivity index (χ0) is 11.7. The Morgan fingerprint density at radius 2 is 2.19 bits per heavy atom. The van der Waals surface area contributed by atoms with E-state index < -0.39 is 12.3 Å². The van der Waals surface area contributed by atoms with Gasteiger partial charge in [-0.2, -0.15) is 4.37 Å². The lowest BCUT2D eigenvalue weighted by Crippen LogP contribution is -2.21. The van der Waals surface area contributed by atoms with Crippen molar-refractivity contribution in [1.29, 1.82) is 0 Å². The van der Waals surface area contributed by atoms with E-state index in [4.69, 9.17) is 0 Å². The zero-order valence-electron chi connectivity index (χ0n) is 9.36. The molecule has 16 heavy (non-hydrogen) atoms. The minimum Gasteiger partial charge on any atom is -0.346 e. The minimum absolute atomic E-state index is 0.290. The molecule has 0 spiro atoms. The van der Waals surface area contributed by atoms with Crippen molar-refractivity contribution < 1.29 is 8.78 Å². The van der Waals surface area contributed by atoms with Crippen LogP contribution >= 0.6 is 11.5 Å². The largest absolute Gasteiger partial charge is 0.346 e. The predicted octanol–water partition coefficient (Wildman–Crippen LogP) is 2.75. The van der Waals surface area contributed by atoms with Crippen LogP contribution in [-0.2, 0) is 0 Å². The monoisotopic (exact) mass is 247 g/mol. The quantitative estimate of drug-likeness (QED) is 0.822. The molecule has 0 aliphatic carbocycles. The van der Waals surface area contributed by atoms with Crippen molar-refractivity contribution >= 4 is 16.7 Å². The number of halogens is 2. The Morgan fingerprint density at radius 1 is 1.44 bits per heavy atom. The van der Waals surface area contributed by atoms with E-state index in [9.17, 15) is 8.78 Å². The van der Waals surface area contributed by atoms with E-state index >= 15 is 0 Å². The van der Waals surface area contributed by atoms with Gasteiger partial charge in [-0.25, -0.2) is 13.8 Å². The van der Waals surface area contributed by atoms with Crippen molar-refractivity contribution in [1.82, 2.24) is 9.36 Å². The number of hydrogen-bond acceptors (Lipinski definition) is 4. The molecule has 0 amide bonds. The second-order valence-electron chi connectivity index (χ2n) is 4.42. The molecule has 0 N–H and O–H groups in total. The molecule has 1 fully saturated rings. The lowest BCUT2D eigenvalue weighted by Gasteiger charge is -2.13. The van der Waals surface area contributed by atoms with E-state index in [0.717, 1.165) is 11.0 Å². The molecule has 0 radical (unpaired) electrons. The maximum Gasteiger partial charge on any atom is 0.243 e. The van der Waals surface area contributed by atoms with Gasteiger partial charge < -0.3 is 4.90 Å². The number of aromatic nitrogens is 2. The van der Waals surface area contributed by atoms with Gasteiger partial charge in [0.2, 0.25) is 11.6 Å². The Morgan fingerprint density at radius 3 is 2.69 bits per heavy atom. The highest BCUT2D eigenvalue weighted by molar-refractivity contribution is 7.09. The Labute approximate surface area is 97.7 Å². The van der Waals surface area contributed by atoms with E-state index in [2.05, 4.69) is 9.36 Å². The van der Waals surface area contributed by atoms with E-state index in [-0.39, 0.29) is 0 Å². The lowest BCUT2D eigenvalue weighted by atomic mass is 10.1. The van der Waals surface area contributed by atoms with Crippen LogP contribution < -0.4 is 4.90 Å². The van der Waals surface area contributed by atoms with Crippen LogP contribution in [0.5, 0.6) is 0 Å². The molecule has 1 aromatic heterocycles. The van der Waals surface area contributed by atoms with E-state index in [1.165, 1.54) is 11.5 Å². The molecule has 90 valence electrons. The van der Waals surface area contributed by atoms with Crippen molar-refractivity contribution in [2.24, 2.45) is 5.92 Å². The van der Waals surface area contributed by atoms with Crippen molar-refractivity contribution in [3.8, 4) is 0 Å². The molecule has 2 rings (SSSR count). The summed E-state index contributed by atoms with van der Waals surface area (Å²) in [4.78, 5) is 6.29. The summed E-state index contributed by atoms with van der Waals surface area (Å²) in [5.74, 6) is 0.588. The van der Waals surface area contributed by atoms with Crippen LogP contribution in [0.3, 0.4) is 0 Å². The second kappa shape index (κ2) is 4.61. The number of hydrogen-bond donors (Lipinski definition) is 0. The van der Waals surface area contributed by atoms with Gasteiger partial charge in [-0.15, -0.1) is 0 Å². The van der Waals surface area contributed by atoms with Gasteiger partial charge in [-0.3, -0.25) is 0 Å². The number of anilines is 1. The Hall–Kier alpha value is -0.780. The van der Waals surface area contributed by atoms with Gasteiger partial charge in [-0.1, -0.05) is 13.8 Å². The van der Waals surface area contributed by atoms with Crippen molar-refractivity contribution in [2.75, 3.05) is 18.0 Å². The Bertz CT molecular complexity index is 354. The third-order valence-corrected chi connectivity index (χ3v) is 3.59. The average Bonchev–Trinajstić information content (AvgIpc) is 2.86. The molecular weight excluding hydrogens is 232 g/mol. The number of alkyl halides is 2. The fraction of sp³-hybridized carbons (Fsp3) is 0.800. The highest BCUT2D eigenvalue weighted by atomic mass is 32.1. The van der Waals surface area contributed by atoms with E-state index in [1.54, 1.807) is 0 Å². The SMILES string of the molecule is CC(C)c1nsc(N2CCC(C(F)F)C2)n1. The zero-order valence-corrected chi connectivity index (χ0v) is 10.2. The first kappa shape index (κ1) is 11.7. The van der Waals surface area contributed by atoms with Crippen molar-refractivity contribution in [3.63, 3.8) is 0 Å². The third-order valence-electron chi connectivity index (χ3n) is 2.80. The number of rotatable bonds is 3. The summed E-state index contributed by atoms with van der Waals surface area (Å²) in [6.07, 6.45) is -1.67. The van der Waals surface area contributed by atoms with Gasteiger partial charge >= 0.3 is 0 Å². The number of nitrogens with zero attached hydrogens (tertiary/aromatic N) is 3. The fourth-order valence-corrected chi connectivity index (χ4v) is 2.60. The Balaban J connectivity index is 2.03. The van der Waals surface area contributed by atoms with Crippen LogP contribution in [0.15, 0.2) is 0 Å². The summed E-state index contributed by atoms with van der Waals surface area (Å²) < 4.78 is 29.2. The molecule has 1 saturated heterocycles. The summed E-state index contributed by atoms with van der Waals surface area (Å²) in [5, 5.41) is 0.784. The van der Waals surface area contributed by atoms with Crippen molar-refractivity contribution in [2.45, 2.75) is 32.6 Å². The van der Waals surface area contributed by atoms with Gasteiger partial charge in [0.15, 0.2) is 0 Å². The molecule has 1 atom stereocenters. The van der Waals surface area contributed by atoms with Crippen molar-refractivity contribution in [3.05, 3.63) is 5.82 Å². The van der Waals surface area contributed by atoms with Gasteiger partial charge in [-0.05, 0) is 6.42 Å². The molecule has 1 aliphatic heterocycles. The highest BCUT2D eigenvalue weighted by Gasteiger charge is 2.31. The summed E-state index contributed by atoms with van der Waals surface area (Å²) >= 11 is 1.31. The van der Waals surface area contributed by atoms with Gasteiger partial charge in [0.25, 0.3) is 0 Å². The standard InChI is InChI=1S/C10H15F2N3S/c1-6(2)9-13-10(16-14-9)15-4-3-7(5-15)8(11)12/h6-8H,3-5H2,1-2H3. The first-order valence-electron chi connectivity index (χ1n) is 5.44. The van der Waals surface area contributed by atoms with Gasteiger partial charge in [0.05, 0.1) is 0 Å².